The molecule has 0 aliphatic carbocycles. The summed E-state index contributed by atoms with van der Waals surface area (Å²) in [7, 11) is -2.58. The van der Waals surface area contributed by atoms with Crippen molar-refractivity contribution in [3.05, 3.63) is 53.4 Å². The van der Waals surface area contributed by atoms with E-state index in [1.165, 1.54) is 13.2 Å². The van der Waals surface area contributed by atoms with Crippen LogP contribution in [0.15, 0.2) is 52.1 Å². The van der Waals surface area contributed by atoms with Gasteiger partial charge in [-0.3, -0.25) is 4.79 Å². The fourth-order valence-electron chi connectivity index (χ4n) is 2.47. The summed E-state index contributed by atoms with van der Waals surface area (Å²) in [5, 5.41) is 4.27. The molecule has 0 saturated carbocycles. The van der Waals surface area contributed by atoms with E-state index >= 15 is 0 Å². The number of thiophene rings is 1. The molecule has 2 rings (SSSR count). The van der Waals surface area contributed by atoms with Gasteiger partial charge in [-0.05, 0) is 36.3 Å². The van der Waals surface area contributed by atoms with Crippen molar-refractivity contribution in [2.75, 3.05) is 13.7 Å². The molecule has 0 aliphatic rings. The van der Waals surface area contributed by atoms with Crippen LogP contribution in [0.5, 0.6) is 0 Å². The van der Waals surface area contributed by atoms with Gasteiger partial charge in [0.05, 0.1) is 7.11 Å². The molecule has 0 saturated heterocycles. The van der Waals surface area contributed by atoms with E-state index < -0.39 is 28.1 Å². The minimum absolute atomic E-state index is 0.134. The van der Waals surface area contributed by atoms with Crippen molar-refractivity contribution in [1.82, 2.24) is 10.0 Å². The van der Waals surface area contributed by atoms with Gasteiger partial charge in [-0.1, -0.05) is 36.4 Å². The second kappa shape index (κ2) is 11.5. The summed E-state index contributed by atoms with van der Waals surface area (Å²) in [5.74, 6) is -0.652. The zero-order chi connectivity index (χ0) is 21.1. The first-order valence-corrected chi connectivity index (χ1v) is 11.4. The van der Waals surface area contributed by atoms with Crippen LogP contribution >= 0.6 is 11.3 Å². The second-order valence-corrected chi connectivity index (χ2v) is 9.00. The van der Waals surface area contributed by atoms with Gasteiger partial charge in [0, 0.05) is 6.54 Å². The molecule has 0 aliphatic heterocycles. The number of hydrogen-bond acceptors (Lipinski definition) is 7. The molecule has 0 spiro atoms. The maximum absolute atomic E-state index is 12.3. The Morgan fingerprint density at radius 3 is 2.52 bits per heavy atom. The zero-order valence-electron chi connectivity index (χ0n) is 16.0. The smallest absolute Gasteiger partial charge is 0.407 e. The normalized spacial score (nSPS) is 12.2. The number of amides is 1. The van der Waals surface area contributed by atoms with Crippen molar-refractivity contribution in [3.8, 4) is 0 Å². The molecule has 2 N–H and O–H groups in total. The zero-order valence-corrected chi connectivity index (χ0v) is 17.6. The Morgan fingerprint density at radius 2 is 1.86 bits per heavy atom. The number of unbranched alkanes of at least 4 members (excludes halogenated alkanes) is 1. The second-order valence-electron chi connectivity index (χ2n) is 6.11. The molecule has 8 nitrogen and oxygen atoms in total. The van der Waals surface area contributed by atoms with Gasteiger partial charge in [0.25, 0.3) is 10.0 Å². The van der Waals surface area contributed by atoms with Crippen LogP contribution in [-0.4, -0.2) is 40.2 Å². The highest BCUT2D eigenvalue weighted by Crippen LogP contribution is 2.17. The molecule has 1 atom stereocenters. The summed E-state index contributed by atoms with van der Waals surface area (Å²) in [6.07, 6.45) is 0.773. The highest BCUT2D eigenvalue weighted by atomic mass is 32.2. The van der Waals surface area contributed by atoms with Gasteiger partial charge in [0.15, 0.2) is 0 Å². The molecule has 0 bridgehead atoms. The number of methoxy groups -OCH3 is 1. The van der Waals surface area contributed by atoms with Crippen LogP contribution in [0, 0.1) is 0 Å². The van der Waals surface area contributed by atoms with Crippen molar-refractivity contribution in [3.63, 3.8) is 0 Å². The van der Waals surface area contributed by atoms with Crippen molar-refractivity contribution in [2.45, 2.75) is 36.1 Å². The van der Waals surface area contributed by atoms with E-state index in [2.05, 4.69) is 10.0 Å². The van der Waals surface area contributed by atoms with Gasteiger partial charge < -0.3 is 14.8 Å². The molecule has 10 heteroatoms. The molecule has 0 radical (unpaired) electrons. The van der Waals surface area contributed by atoms with Crippen molar-refractivity contribution in [1.29, 1.82) is 0 Å². The van der Waals surface area contributed by atoms with E-state index in [-0.39, 0.29) is 17.2 Å². The summed E-state index contributed by atoms with van der Waals surface area (Å²) in [5.41, 5.74) is 0.890. The lowest BCUT2D eigenvalue weighted by Gasteiger charge is -2.16. The fraction of sp³-hybridized carbons (Fsp3) is 0.368. The molecule has 0 fully saturated rings. The van der Waals surface area contributed by atoms with Crippen LogP contribution in [0.3, 0.4) is 0 Å². The Kier molecular flexibility index (Phi) is 9.10. The quantitative estimate of drug-likeness (QED) is 0.411. The number of sulfonamides is 1. The molecular weight excluding hydrogens is 416 g/mol. The number of carbonyl (C=O) groups is 2. The first kappa shape index (κ1) is 22.9. The lowest BCUT2D eigenvalue weighted by Crippen LogP contribution is -2.41. The highest BCUT2D eigenvalue weighted by molar-refractivity contribution is 7.91. The Balaban J connectivity index is 1.71. The first-order chi connectivity index (χ1) is 13.9. The van der Waals surface area contributed by atoms with E-state index in [0.717, 1.165) is 16.9 Å². The Bertz CT molecular complexity index is 869. The molecular formula is C19H24N2O6S2. The molecule has 0 unspecified atom stereocenters. The summed E-state index contributed by atoms with van der Waals surface area (Å²) < 4.78 is 36.9. The molecule has 1 aromatic heterocycles. The van der Waals surface area contributed by atoms with Crippen LogP contribution < -0.4 is 10.0 Å². The number of carbonyl (C=O) groups excluding carboxylic acids is 2. The van der Waals surface area contributed by atoms with Crippen LogP contribution in [0.1, 0.15) is 24.8 Å². The third-order valence-corrected chi connectivity index (χ3v) is 6.81. The van der Waals surface area contributed by atoms with Gasteiger partial charge in [-0.2, -0.15) is 4.72 Å². The number of nitrogens with one attached hydrogen (secondary N) is 2. The van der Waals surface area contributed by atoms with Crippen molar-refractivity contribution < 1.29 is 27.5 Å². The molecule has 1 aromatic carbocycles. The average Bonchev–Trinajstić information content (AvgIpc) is 3.27. The molecule has 158 valence electrons. The number of esters is 1. The Labute approximate surface area is 174 Å². The van der Waals surface area contributed by atoms with Crippen LogP contribution in [0.25, 0.3) is 0 Å². The Morgan fingerprint density at radius 1 is 1.10 bits per heavy atom. The van der Waals surface area contributed by atoms with Crippen molar-refractivity contribution >= 4 is 33.4 Å². The van der Waals surface area contributed by atoms with E-state index in [0.29, 0.717) is 19.4 Å². The van der Waals surface area contributed by atoms with Crippen LogP contribution in [-0.2, 0) is 30.9 Å². The monoisotopic (exact) mass is 440 g/mol. The van der Waals surface area contributed by atoms with E-state index in [4.69, 9.17) is 9.47 Å². The van der Waals surface area contributed by atoms with Crippen molar-refractivity contribution in [2.24, 2.45) is 0 Å². The predicted molar refractivity (Wildman–Crippen MR) is 109 cm³/mol. The summed E-state index contributed by atoms with van der Waals surface area (Å²) in [6.45, 7) is 0.529. The maximum Gasteiger partial charge on any atom is 0.407 e. The summed E-state index contributed by atoms with van der Waals surface area (Å²) >= 11 is 1.07. The summed E-state index contributed by atoms with van der Waals surface area (Å²) in [6, 6.07) is 11.4. The first-order valence-electron chi connectivity index (χ1n) is 9.00. The third-order valence-electron chi connectivity index (χ3n) is 3.94. The van der Waals surface area contributed by atoms with Gasteiger partial charge >= 0.3 is 12.1 Å². The van der Waals surface area contributed by atoms with Gasteiger partial charge in [0.1, 0.15) is 16.9 Å². The van der Waals surface area contributed by atoms with E-state index in [1.807, 2.05) is 30.3 Å². The van der Waals surface area contributed by atoms with E-state index in [9.17, 15) is 18.0 Å². The summed E-state index contributed by atoms with van der Waals surface area (Å²) in [4.78, 5) is 23.6. The SMILES string of the molecule is COC(=O)[C@H](CCCCNC(=O)OCc1ccccc1)NS(=O)(=O)c1cccs1. The topological polar surface area (TPSA) is 111 Å². The van der Waals surface area contributed by atoms with Gasteiger partial charge in [0.2, 0.25) is 0 Å². The fourth-order valence-corrected chi connectivity index (χ4v) is 4.70. The third kappa shape index (κ3) is 7.84. The van der Waals surface area contributed by atoms with E-state index in [1.54, 1.807) is 11.4 Å². The molecule has 29 heavy (non-hydrogen) atoms. The number of alkyl carbamates (subject to hydrolysis) is 1. The number of benzene rings is 1. The van der Waals surface area contributed by atoms with Crippen LogP contribution in [0.4, 0.5) is 4.79 Å². The lowest BCUT2D eigenvalue weighted by molar-refractivity contribution is -0.142. The maximum atomic E-state index is 12.3. The minimum Gasteiger partial charge on any atom is -0.468 e. The number of hydrogen-bond donors (Lipinski definition) is 2. The van der Waals surface area contributed by atoms with Crippen LogP contribution in [0.2, 0.25) is 0 Å². The molecule has 1 heterocycles. The van der Waals surface area contributed by atoms with Gasteiger partial charge in [-0.15, -0.1) is 11.3 Å². The molecule has 1 amide bonds. The number of rotatable bonds is 11. The largest absolute Gasteiger partial charge is 0.468 e. The average molecular weight is 441 g/mol. The molecule has 2 aromatic rings. The Hall–Kier alpha value is -2.43. The minimum atomic E-state index is -3.78. The lowest BCUT2D eigenvalue weighted by atomic mass is 10.1. The van der Waals surface area contributed by atoms with Gasteiger partial charge in [-0.25, -0.2) is 13.2 Å². The number of ether oxygens (including phenoxy) is 2. The highest BCUT2D eigenvalue weighted by Gasteiger charge is 2.26. The standard InChI is InChI=1S/C19H24N2O6S2/c1-26-18(22)16(21-29(24,25)17-11-7-13-28-17)10-5-6-12-20-19(23)27-14-15-8-3-2-4-9-15/h2-4,7-9,11,13,16,21H,5-6,10,12,14H2,1H3,(H,20,23)/t16-/m0/s1. The predicted octanol–water partition coefficient (Wildman–Crippen LogP) is 2.66.